The monoisotopic (exact) mass is 362 g/mol. The molecule has 0 aliphatic carbocycles. The average Bonchev–Trinajstić information content (AvgIpc) is 2.56. The minimum absolute atomic E-state index is 0.0266. The van der Waals surface area contributed by atoms with E-state index in [0.29, 0.717) is 16.5 Å². The Labute approximate surface area is 146 Å². The molecule has 0 atom stereocenters. The summed E-state index contributed by atoms with van der Waals surface area (Å²) in [5, 5.41) is 10.1. The van der Waals surface area contributed by atoms with Gasteiger partial charge in [-0.1, -0.05) is 23.7 Å². The molecule has 1 aromatic heterocycles. The van der Waals surface area contributed by atoms with Crippen LogP contribution in [-0.4, -0.2) is 11.1 Å². The van der Waals surface area contributed by atoms with Gasteiger partial charge >= 0.3 is 11.6 Å². The van der Waals surface area contributed by atoms with Crippen LogP contribution >= 0.6 is 11.6 Å². The predicted molar refractivity (Wildman–Crippen MR) is 89.1 cm³/mol. The molecule has 0 aliphatic rings. The second-order valence-electron chi connectivity index (χ2n) is 5.35. The number of halogens is 2. The van der Waals surface area contributed by atoms with Gasteiger partial charge in [-0.05, 0) is 23.8 Å². The zero-order chi connectivity index (χ0) is 18.0. The lowest BCUT2D eigenvalue weighted by Crippen LogP contribution is -2.10. The first-order valence-electron chi connectivity index (χ1n) is 7.27. The van der Waals surface area contributed by atoms with Gasteiger partial charge in [0, 0.05) is 23.1 Å². The van der Waals surface area contributed by atoms with Crippen LogP contribution in [-0.2, 0) is 22.6 Å². The second kappa shape index (κ2) is 6.94. The Hall–Kier alpha value is -2.86. The van der Waals surface area contributed by atoms with Gasteiger partial charge in [-0.15, -0.1) is 0 Å². The van der Waals surface area contributed by atoms with E-state index in [9.17, 15) is 19.1 Å². The van der Waals surface area contributed by atoms with Gasteiger partial charge in [0.15, 0.2) is 0 Å². The van der Waals surface area contributed by atoms with Crippen molar-refractivity contribution in [3.63, 3.8) is 0 Å². The third-order valence-electron chi connectivity index (χ3n) is 3.55. The molecule has 0 fully saturated rings. The van der Waals surface area contributed by atoms with E-state index in [2.05, 4.69) is 0 Å². The Kier molecular flexibility index (Phi) is 4.72. The Morgan fingerprint density at radius 1 is 1.20 bits per heavy atom. The molecular formula is C18H12ClFO5. The van der Waals surface area contributed by atoms with Crippen molar-refractivity contribution in [2.45, 2.75) is 13.0 Å². The highest BCUT2D eigenvalue weighted by Gasteiger charge is 2.12. The molecule has 0 saturated carbocycles. The third kappa shape index (κ3) is 3.97. The normalized spacial score (nSPS) is 10.8. The van der Waals surface area contributed by atoms with Crippen molar-refractivity contribution in [1.82, 2.24) is 0 Å². The minimum atomic E-state index is -0.640. The van der Waals surface area contributed by atoms with Gasteiger partial charge in [0.1, 0.15) is 23.8 Å². The van der Waals surface area contributed by atoms with Gasteiger partial charge in [0.2, 0.25) is 0 Å². The number of phenolic OH excluding ortho intramolecular Hbond substituents is 1. The molecule has 7 heteroatoms. The molecule has 0 amide bonds. The van der Waals surface area contributed by atoms with Gasteiger partial charge in [0.25, 0.3) is 0 Å². The number of aromatic hydroxyl groups is 1. The highest BCUT2D eigenvalue weighted by atomic mass is 35.5. The van der Waals surface area contributed by atoms with E-state index in [0.717, 1.165) is 0 Å². The highest BCUT2D eigenvalue weighted by molar-refractivity contribution is 6.32. The van der Waals surface area contributed by atoms with Crippen LogP contribution in [0.1, 0.15) is 11.1 Å². The fourth-order valence-electron chi connectivity index (χ4n) is 2.33. The standard InChI is InChI=1S/C18H12ClFO5/c19-14-7-13-11(6-18(23)25-16(13)8-15(14)21)9-24-17(22)5-10-1-3-12(20)4-2-10/h1-4,6-8,21H,5,9H2. The number of benzene rings is 2. The Bertz CT molecular complexity index is 995. The van der Waals surface area contributed by atoms with Gasteiger partial charge in [-0.3, -0.25) is 4.79 Å². The van der Waals surface area contributed by atoms with Crippen molar-refractivity contribution in [1.29, 1.82) is 0 Å². The second-order valence-corrected chi connectivity index (χ2v) is 5.76. The van der Waals surface area contributed by atoms with E-state index >= 15 is 0 Å². The third-order valence-corrected chi connectivity index (χ3v) is 3.85. The molecule has 25 heavy (non-hydrogen) atoms. The van der Waals surface area contributed by atoms with E-state index in [-0.39, 0.29) is 35.2 Å². The van der Waals surface area contributed by atoms with Gasteiger partial charge < -0.3 is 14.3 Å². The molecule has 1 N–H and O–H groups in total. The zero-order valence-corrected chi connectivity index (χ0v) is 13.5. The summed E-state index contributed by atoms with van der Waals surface area (Å²) in [4.78, 5) is 23.5. The Morgan fingerprint density at radius 3 is 2.64 bits per heavy atom. The first-order valence-corrected chi connectivity index (χ1v) is 7.65. The quantitative estimate of drug-likeness (QED) is 0.567. The van der Waals surface area contributed by atoms with Crippen molar-refractivity contribution in [3.8, 4) is 5.75 Å². The van der Waals surface area contributed by atoms with Crippen molar-refractivity contribution in [2.75, 3.05) is 0 Å². The Balaban J connectivity index is 1.78. The number of fused-ring (bicyclic) bond motifs is 1. The molecule has 0 saturated heterocycles. The summed E-state index contributed by atoms with van der Waals surface area (Å²) >= 11 is 5.87. The van der Waals surface area contributed by atoms with Crippen molar-refractivity contribution in [3.05, 3.63) is 74.9 Å². The van der Waals surface area contributed by atoms with E-state index < -0.39 is 11.6 Å². The highest BCUT2D eigenvalue weighted by Crippen LogP contribution is 2.30. The summed E-state index contributed by atoms with van der Waals surface area (Å²) in [5.74, 6) is -1.14. The van der Waals surface area contributed by atoms with Crippen LogP contribution in [0.15, 0.2) is 51.7 Å². The number of carbonyl (C=O) groups is 1. The van der Waals surface area contributed by atoms with Gasteiger partial charge in [0.05, 0.1) is 11.4 Å². The van der Waals surface area contributed by atoms with Crippen molar-refractivity contribution < 1.29 is 23.4 Å². The molecule has 1 heterocycles. The van der Waals surface area contributed by atoms with E-state index in [1.165, 1.54) is 42.5 Å². The predicted octanol–water partition coefficient (Wildman–Crippen LogP) is 3.58. The average molecular weight is 363 g/mol. The fraction of sp³-hybridized carbons (Fsp3) is 0.111. The fourth-order valence-corrected chi connectivity index (χ4v) is 2.50. The zero-order valence-electron chi connectivity index (χ0n) is 12.8. The summed E-state index contributed by atoms with van der Waals surface area (Å²) in [6.45, 7) is -0.163. The molecule has 0 unspecified atom stereocenters. The van der Waals surface area contributed by atoms with Crippen molar-refractivity contribution in [2.24, 2.45) is 0 Å². The minimum Gasteiger partial charge on any atom is -0.506 e. The van der Waals surface area contributed by atoms with Crippen LogP contribution < -0.4 is 5.63 Å². The molecule has 0 aliphatic heterocycles. The maximum Gasteiger partial charge on any atom is 0.336 e. The van der Waals surface area contributed by atoms with Crippen LogP contribution in [0.3, 0.4) is 0 Å². The van der Waals surface area contributed by atoms with Gasteiger partial charge in [-0.25, -0.2) is 9.18 Å². The number of ether oxygens (including phenoxy) is 1. The number of hydrogen-bond acceptors (Lipinski definition) is 5. The topological polar surface area (TPSA) is 76.7 Å². The maximum atomic E-state index is 12.9. The molecule has 0 radical (unpaired) electrons. The van der Waals surface area contributed by atoms with Crippen LogP contribution in [0.2, 0.25) is 5.02 Å². The summed E-state index contributed by atoms with van der Waals surface area (Å²) in [7, 11) is 0. The summed E-state index contributed by atoms with van der Waals surface area (Å²) in [6, 6.07) is 9.35. The first kappa shape index (κ1) is 17.0. The molecule has 0 bridgehead atoms. The van der Waals surface area contributed by atoms with E-state index in [1.807, 2.05) is 0 Å². The molecule has 5 nitrogen and oxygen atoms in total. The lowest BCUT2D eigenvalue weighted by atomic mass is 10.1. The van der Waals surface area contributed by atoms with E-state index in [1.54, 1.807) is 0 Å². The lowest BCUT2D eigenvalue weighted by Gasteiger charge is -2.08. The molecule has 3 aromatic rings. The number of esters is 1. The van der Waals surface area contributed by atoms with E-state index in [4.69, 9.17) is 20.8 Å². The lowest BCUT2D eigenvalue weighted by molar-refractivity contribution is -0.144. The summed E-state index contributed by atoms with van der Waals surface area (Å²) in [5.41, 5.74) is 0.509. The molecule has 3 rings (SSSR count). The number of carbonyl (C=O) groups excluding carboxylic acids is 1. The maximum absolute atomic E-state index is 12.9. The first-order chi connectivity index (χ1) is 11.9. The molecular weight excluding hydrogens is 351 g/mol. The van der Waals surface area contributed by atoms with Crippen LogP contribution in [0, 0.1) is 5.82 Å². The summed E-state index contributed by atoms with van der Waals surface area (Å²) < 4.78 is 23.0. The van der Waals surface area contributed by atoms with Gasteiger partial charge in [-0.2, -0.15) is 0 Å². The number of hydrogen-bond donors (Lipinski definition) is 1. The largest absolute Gasteiger partial charge is 0.506 e. The number of phenols is 1. The summed E-state index contributed by atoms with van der Waals surface area (Å²) in [6.07, 6.45) is -0.0266. The van der Waals surface area contributed by atoms with Crippen molar-refractivity contribution >= 4 is 28.5 Å². The Morgan fingerprint density at radius 2 is 1.92 bits per heavy atom. The van der Waals surface area contributed by atoms with Crippen LogP contribution in [0.4, 0.5) is 4.39 Å². The number of rotatable bonds is 4. The SMILES string of the molecule is O=C(Cc1ccc(F)cc1)OCc1cc(=O)oc2cc(O)c(Cl)cc12. The smallest absolute Gasteiger partial charge is 0.336 e. The molecule has 0 spiro atoms. The molecule has 128 valence electrons. The van der Waals surface area contributed by atoms with Crippen LogP contribution in [0.25, 0.3) is 11.0 Å². The van der Waals surface area contributed by atoms with Crippen LogP contribution in [0.5, 0.6) is 5.75 Å². The molecule has 2 aromatic carbocycles.